The molecule has 1 saturated carbocycles. The Bertz CT molecular complexity index is 382. The number of aromatic carboxylic acids is 1. The molecule has 1 aliphatic rings. The number of hydrogen-bond acceptors (Lipinski definition) is 5. The summed E-state index contributed by atoms with van der Waals surface area (Å²) in [4.78, 5) is 14.7. The lowest BCUT2D eigenvalue weighted by Crippen LogP contribution is -2.40. The molecule has 0 amide bonds. The Labute approximate surface area is 102 Å². The fourth-order valence-corrected chi connectivity index (χ4v) is 3.37. The second-order valence-electron chi connectivity index (χ2n) is 3.93. The highest BCUT2D eigenvalue weighted by Gasteiger charge is 2.36. The van der Waals surface area contributed by atoms with Gasteiger partial charge in [0.05, 0.1) is 5.51 Å². The largest absolute Gasteiger partial charge is 0.476 e. The van der Waals surface area contributed by atoms with Crippen molar-refractivity contribution in [2.45, 2.75) is 24.0 Å². The molecule has 1 aromatic rings. The third-order valence-electron chi connectivity index (χ3n) is 3.04. The summed E-state index contributed by atoms with van der Waals surface area (Å²) in [5.41, 5.74) is 1.71. The van der Waals surface area contributed by atoms with Crippen molar-refractivity contribution in [3.05, 3.63) is 11.2 Å². The maximum atomic E-state index is 10.9. The molecule has 0 radical (unpaired) electrons. The molecule has 1 fully saturated rings. The number of nitrogens with one attached hydrogen (secondary N) is 1. The molecule has 0 spiro atoms. The van der Waals surface area contributed by atoms with Crippen LogP contribution in [-0.2, 0) is 0 Å². The van der Waals surface area contributed by atoms with Gasteiger partial charge in [0, 0.05) is 11.3 Å². The van der Waals surface area contributed by atoms with E-state index in [0.717, 1.165) is 6.54 Å². The van der Waals surface area contributed by atoms with Gasteiger partial charge in [-0.05, 0) is 19.1 Å². The number of carboxylic acid groups (broad SMARTS) is 1. The summed E-state index contributed by atoms with van der Waals surface area (Å²) in [6.07, 6.45) is 5.81. The Morgan fingerprint density at radius 2 is 2.50 bits per heavy atom. The van der Waals surface area contributed by atoms with E-state index in [1.165, 1.54) is 30.6 Å². The standard InChI is InChI=1S/C10H14N2O2S2/c1-15-10(3-2-4-10)5-11-8-7(9(13)14)12-6-16-8/h6,11H,2-5H2,1H3,(H,13,14). The molecule has 1 heterocycles. The Kier molecular flexibility index (Phi) is 3.39. The normalized spacial score (nSPS) is 17.8. The highest BCUT2D eigenvalue weighted by molar-refractivity contribution is 8.00. The van der Waals surface area contributed by atoms with Crippen molar-refractivity contribution in [3.8, 4) is 0 Å². The van der Waals surface area contributed by atoms with Crippen molar-refractivity contribution in [1.82, 2.24) is 4.98 Å². The van der Waals surface area contributed by atoms with Gasteiger partial charge in [-0.25, -0.2) is 9.78 Å². The molecular weight excluding hydrogens is 244 g/mol. The zero-order valence-corrected chi connectivity index (χ0v) is 10.7. The Morgan fingerprint density at radius 3 is 3.00 bits per heavy atom. The number of thioether (sulfide) groups is 1. The maximum absolute atomic E-state index is 10.9. The number of rotatable bonds is 5. The first kappa shape index (κ1) is 11.7. The van der Waals surface area contributed by atoms with Gasteiger partial charge in [0.2, 0.25) is 0 Å². The third kappa shape index (κ3) is 2.17. The van der Waals surface area contributed by atoms with Crippen LogP contribution in [0.5, 0.6) is 0 Å². The summed E-state index contributed by atoms with van der Waals surface area (Å²) in [6.45, 7) is 0.830. The second-order valence-corrected chi connectivity index (χ2v) is 6.06. The van der Waals surface area contributed by atoms with Gasteiger partial charge in [-0.1, -0.05) is 6.42 Å². The molecule has 0 aromatic carbocycles. The van der Waals surface area contributed by atoms with Gasteiger partial charge in [-0.3, -0.25) is 0 Å². The third-order valence-corrected chi connectivity index (χ3v) is 5.24. The van der Waals surface area contributed by atoms with Crippen LogP contribution in [0.15, 0.2) is 5.51 Å². The highest BCUT2D eigenvalue weighted by Crippen LogP contribution is 2.43. The van der Waals surface area contributed by atoms with Crippen LogP contribution in [0.25, 0.3) is 0 Å². The van der Waals surface area contributed by atoms with E-state index >= 15 is 0 Å². The number of nitrogens with zero attached hydrogens (tertiary/aromatic N) is 1. The minimum absolute atomic E-state index is 0.139. The van der Waals surface area contributed by atoms with E-state index in [9.17, 15) is 4.79 Å². The summed E-state index contributed by atoms with van der Waals surface area (Å²) in [6, 6.07) is 0. The smallest absolute Gasteiger partial charge is 0.357 e. The quantitative estimate of drug-likeness (QED) is 0.850. The van der Waals surface area contributed by atoms with Gasteiger partial charge in [-0.2, -0.15) is 11.8 Å². The summed E-state index contributed by atoms with van der Waals surface area (Å²) in [5, 5.41) is 12.8. The molecule has 88 valence electrons. The molecule has 1 aliphatic carbocycles. The molecule has 1 aromatic heterocycles. The lowest BCUT2D eigenvalue weighted by Gasteiger charge is -2.40. The van der Waals surface area contributed by atoms with E-state index in [2.05, 4.69) is 16.6 Å². The monoisotopic (exact) mass is 258 g/mol. The summed E-state index contributed by atoms with van der Waals surface area (Å²) in [7, 11) is 0. The van der Waals surface area contributed by atoms with Crippen molar-refractivity contribution in [1.29, 1.82) is 0 Å². The van der Waals surface area contributed by atoms with Crippen LogP contribution < -0.4 is 5.32 Å². The molecule has 2 rings (SSSR count). The molecule has 0 bridgehead atoms. The average molecular weight is 258 g/mol. The topological polar surface area (TPSA) is 62.2 Å². The van der Waals surface area contributed by atoms with Crippen LogP contribution in [0, 0.1) is 0 Å². The van der Waals surface area contributed by atoms with Gasteiger partial charge in [0.25, 0.3) is 0 Å². The van der Waals surface area contributed by atoms with Crippen LogP contribution in [0.3, 0.4) is 0 Å². The number of carbonyl (C=O) groups is 1. The summed E-state index contributed by atoms with van der Waals surface area (Å²) in [5.74, 6) is -0.962. The van der Waals surface area contributed by atoms with Crippen LogP contribution in [0.4, 0.5) is 5.00 Å². The number of aromatic nitrogens is 1. The van der Waals surface area contributed by atoms with Gasteiger partial charge in [-0.15, -0.1) is 11.3 Å². The molecule has 4 nitrogen and oxygen atoms in total. The van der Waals surface area contributed by atoms with E-state index in [-0.39, 0.29) is 5.69 Å². The molecule has 0 unspecified atom stereocenters. The van der Waals surface area contributed by atoms with Crippen molar-refractivity contribution in [2.24, 2.45) is 0 Å². The minimum atomic E-state index is -0.962. The molecule has 16 heavy (non-hydrogen) atoms. The number of thiazole rings is 1. The summed E-state index contributed by atoms with van der Waals surface area (Å²) < 4.78 is 0.305. The van der Waals surface area contributed by atoms with Gasteiger partial charge in [0.15, 0.2) is 5.69 Å². The van der Waals surface area contributed by atoms with Crippen LogP contribution in [0.2, 0.25) is 0 Å². The van der Waals surface area contributed by atoms with E-state index in [1.807, 2.05) is 11.8 Å². The van der Waals surface area contributed by atoms with E-state index in [4.69, 9.17) is 5.11 Å². The average Bonchev–Trinajstić information content (AvgIpc) is 2.65. The number of anilines is 1. The molecule has 0 aliphatic heterocycles. The van der Waals surface area contributed by atoms with Crippen LogP contribution in [0.1, 0.15) is 29.8 Å². The van der Waals surface area contributed by atoms with E-state index in [0.29, 0.717) is 9.75 Å². The summed E-state index contributed by atoms with van der Waals surface area (Å²) >= 11 is 3.22. The van der Waals surface area contributed by atoms with Crippen LogP contribution >= 0.6 is 23.1 Å². The van der Waals surface area contributed by atoms with E-state index in [1.54, 1.807) is 5.51 Å². The lowest BCUT2D eigenvalue weighted by molar-refractivity contribution is 0.0692. The lowest BCUT2D eigenvalue weighted by atomic mass is 9.84. The molecule has 0 saturated heterocycles. The second kappa shape index (κ2) is 4.63. The Morgan fingerprint density at radius 1 is 1.75 bits per heavy atom. The fourth-order valence-electron chi connectivity index (χ4n) is 1.79. The van der Waals surface area contributed by atoms with Crippen LogP contribution in [-0.4, -0.2) is 33.6 Å². The first-order valence-corrected chi connectivity index (χ1v) is 7.23. The van der Waals surface area contributed by atoms with Crippen molar-refractivity contribution in [3.63, 3.8) is 0 Å². The predicted octanol–water partition coefficient (Wildman–Crippen LogP) is 2.54. The van der Waals surface area contributed by atoms with Crippen molar-refractivity contribution in [2.75, 3.05) is 18.1 Å². The molecule has 6 heteroatoms. The number of hydrogen-bond donors (Lipinski definition) is 2. The molecule has 2 N–H and O–H groups in total. The SMILES string of the molecule is CSC1(CNc2scnc2C(=O)O)CCC1. The van der Waals surface area contributed by atoms with Crippen molar-refractivity contribution < 1.29 is 9.90 Å². The number of carboxylic acids is 1. The van der Waals surface area contributed by atoms with Gasteiger partial charge < -0.3 is 10.4 Å². The first-order valence-electron chi connectivity index (χ1n) is 5.13. The molecular formula is C10H14N2O2S2. The zero-order valence-electron chi connectivity index (χ0n) is 9.02. The highest BCUT2D eigenvalue weighted by atomic mass is 32.2. The minimum Gasteiger partial charge on any atom is -0.476 e. The molecule has 0 atom stereocenters. The maximum Gasteiger partial charge on any atom is 0.357 e. The van der Waals surface area contributed by atoms with Gasteiger partial charge >= 0.3 is 5.97 Å². The predicted molar refractivity (Wildman–Crippen MR) is 67.7 cm³/mol. The first-order chi connectivity index (χ1) is 7.67. The Balaban J connectivity index is 1.99. The fraction of sp³-hybridized carbons (Fsp3) is 0.600. The Hall–Kier alpha value is -0.750. The van der Waals surface area contributed by atoms with Crippen molar-refractivity contribution >= 4 is 34.1 Å². The van der Waals surface area contributed by atoms with E-state index < -0.39 is 5.97 Å². The van der Waals surface area contributed by atoms with Gasteiger partial charge in [0.1, 0.15) is 5.00 Å². The zero-order chi connectivity index (χ0) is 11.6.